The summed E-state index contributed by atoms with van der Waals surface area (Å²) >= 11 is 0. The van der Waals surface area contributed by atoms with Crippen LogP contribution in [0.3, 0.4) is 0 Å². The topological polar surface area (TPSA) is 64.1 Å². The first kappa shape index (κ1) is 8.00. The van der Waals surface area contributed by atoms with Gasteiger partial charge in [-0.25, -0.2) is 0 Å². The van der Waals surface area contributed by atoms with E-state index in [2.05, 4.69) is 10.2 Å². The van der Waals surface area contributed by atoms with Crippen LogP contribution < -0.4 is 0 Å². The minimum Gasteiger partial charge on any atom is -0.455 e. The van der Waals surface area contributed by atoms with Crippen molar-refractivity contribution < 1.29 is 9.52 Å². The molecule has 0 saturated carbocycles. The van der Waals surface area contributed by atoms with Crippen LogP contribution in [0.4, 0.5) is 0 Å². The van der Waals surface area contributed by atoms with Crippen LogP contribution in [-0.2, 0) is 13.7 Å². The largest absolute Gasteiger partial charge is 0.455 e. The Labute approximate surface area is 74.6 Å². The highest BCUT2D eigenvalue weighted by molar-refractivity contribution is 5.46. The highest BCUT2D eigenvalue weighted by Crippen LogP contribution is 2.18. The SMILES string of the molecule is Cn1cnnc1-c1ccc(CO)o1. The van der Waals surface area contributed by atoms with E-state index in [1.165, 1.54) is 0 Å². The summed E-state index contributed by atoms with van der Waals surface area (Å²) in [4.78, 5) is 0. The van der Waals surface area contributed by atoms with E-state index < -0.39 is 0 Å². The molecule has 0 radical (unpaired) electrons. The zero-order valence-electron chi connectivity index (χ0n) is 7.14. The van der Waals surface area contributed by atoms with Gasteiger partial charge in [0.1, 0.15) is 18.7 Å². The van der Waals surface area contributed by atoms with Gasteiger partial charge in [-0.15, -0.1) is 10.2 Å². The molecule has 0 atom stereocenters. The molecule has 0 aromatic carbocycles. The molecule has 0 amide bonds. The average Bonchev–Trinajstić information content (AvgIpc) is 2.71. The predicted molar refractivity (Wildman–Crippen MR) is 44.6 cm³/mol. The number of furan rings is 1. The van der Waals surface area contributed by atoms with Gasteiger partial charge in [0.25, 0.3) is 0 Å². The maximum atomic E-state index is 8.78. The molecule has 0 aliphatic heterocycles. The van der Waals surface area contributed by atoms with Crippen molar-refractivity contribution in [2.24, 2.45) is 7.05 Å². The summed E-state index contributed by atoms with van der Waals surface area (Å²) in [5, 5.41) is 16.4. The number of hydrogen-bond acceptors (Lipinski definition) is 4. The molecule has 13 heavy (non-hydrogen) atoms. The Kier molecular flexibility index (Phi) is 1.86. The van der Waals surface area contributed by atoms with E-state index in [0.717, 1.165) is 0 Å². The Morgan fingerprint density at radius 3 is 2.92 bits per heavy atom. The third kappa shape index (κ3) is 1.33. The lowest BCUT2D eigenvalue weighted by atomic mass is 10.4. The highest BCUT2D eigenvalue weighted by atomic mass is 16.4. The van der Waals surface area contributed by atoms with Crippen molar-refractivity contribution >= 4 is 0 Å². The van der Waals surface area contributed by atoms with Gasteiger partial charge in [-0.2, -0.15) is 0 Å². The number of rotatable bonds is 2. The van der Waals surface area contributed by atoms with Gasteiger partial charge < -0.3 is 14.1 Å². The molecular weight excluding hydrogens is 170 g/mol. The molecule has 0 fully saturated rings. The van der Waals surface area contributed by atoms with Crippen molar-refractivity contribution in [3.63, 3.8) is 0 Å². The van der Waals surface area contributed by atoms with Gasteiger partial charge in [0.2, 0.25) is 0 Å². The second-order valence-corrected chi connectivity index (χ2v) is 2.69. The first-order chi connectivity index (χ1) is 6.31. The summed E-state index contributed by atoms with van der Waals surface area (Å²) < 4.78 is 7.03. The number of aliphatic hydroxyl groups excluding tert-OH is 1. The van der Waals surface area contributed by atoms with Crippen molar-refractivity contribution in [3.05, 3.63) is 24.2 Å². The first-order valence-electron chi connectivity index (χ1n) is 3.85. The van der Waals surface area contributed by atoms with E-state index in [4.69, 9.17) is 9.52 Å². The normalized spacial score (nSPS) is 10.6. The summed E-state index contributed by atoms with van der Waals surface area (Å²) in [5.41, 5.74) is 0. The van der Waals surface area contributed by atoms with Crippen LogP contribution in [0.5, 0.6) is 0 Å². The third-order valence-electron chi connectivity index (χ3n) is 1.75. The third-order valence-corrected chi connectivity index (χ3v) is 1.75. The fourth-order valence-corrected chi connectivity index (χ4v) is 1.09. The van der Waals surface area contributed by atoms with E-state index in [1.807, 2.05) is 7.05 Å². The van der Waals surface area contributed by atoms with Gasteiger partial charge in [-0.05, 0) is 12.1 Å². The molecule has 0 aliphatic rings. The number of nitrogens with zero attached hydrogens (tertiary/aromatic N) is 3. The molecule has 5 nitrogen and oxygen atoms in total. The zero-order chi connectivity index (χ0) is 9.26. The van der Waals surface area contributed by atoms with Crippen LogP contribution in [0, 0.1) is 0 Å². The highest BCUT2D eigenvalue weighted by Gasteiger charge is 2.08. The van der Waals surface area contributed by atoms with Gasteiger partial charge in [0, 0.05) is 7.05 Å². The fourth-order valence-electron chi connectivity index (χ4n) is 1.09. The van der Waals surface area contributed by atoms with Crippen LogP contribution in [0.15, 0.2) is 22.9 Å². The maximum Gasteiger partial charge on any atom is 0.199 e. The van der Waals surface area contributed by atoms with Crippen molar-refractivity contribution in [3.8, 4) is 11.6 Å². The zero-order valence-corrected chi connectivity index (χ0v) is 7.14. The Bertz CT molecular complexity index is 405. The molecule has 0 aliphatic carbocycles. The van der Waals surface area contributed by atoms with Gasteiger partial charge in [-0.3, -0.25) is 0 Å². The molecular formula is C8H9N3O2. The monoisotopic (exact) mass is 179 g/mol. The van der Waals surface area contributed by atoms with Crippen LogP contribution in [0.25, 0.3) is 11.6 Å². The van der Waals surface area contributed by atoms with Crippen LogP contribution in [0.2, 0.25) is 0 Å². The number of aliphatic hydroxyl groups is 1. The van der Waals surface area contributed by atoms with Crippen molar-refractivity contribution in [2.45, 2.75) is 6.61 Å². The summed E-state index contributed by atoms with van der Waals surface area (Å²) in [7, 11) is 1.83. The molecule has 0 unspecified atom stereocenters. The molecule has 0 bridgehead atoms. The van der Waals surface area contributed by atoms with E-state index in [-0.39, 0.29) is 6.61 Å². The minimum atomic E-state index is -0.0994. The summed E-state index contributed by atoms with van der Waals surface area (Å²) in [5.74, 6) is 1.79. The summed E-state index contributed by atoms with van der Waals surface area (Å²) in [6.07, 6.45) is 1.59. The fraction of sp³-hybridized carbons (Fsp3) is 0.250. The number of hydrogen-bond donors (Lipinski definition) is 1. The second kappa shape index (κ2) is 3.02. The van der Waals surface area contributed by atoms with E-state index in [1.54, 1.807) is 23.0 Å². The lowest BCUT2D eigenvalue weighted by Gasteiger charge is -1.94. The van der Waals surface area contributed by atoms with Crippen LogP contribution in [0.1, 0.15) is 5.76 Å². The predicted octanol–water partition coefficient (Wildman–Crippen LogP) is 0.567. The molecule has 0 spiro atoms. The number of aryl methyl sites for hydroxylation is 1. The van der Waals surface area contributed by atoms with Crippen molar-refractivity contribution in [1.29, 1.82) is 0 Å². The lowest BCUT2D eigenvalue weighted by molar-refractivity contribution is 0.248. The maximum absolute atomic E-state index is 8.78. The Hall–Kier alpha value is -1.62. The van der Waals surface area contributed by atoms with Crippen LogP contribution >= 0.6 is 0 Å². The van der Waals surface area contributed by atoms with E-state index >= 15 is 0 Å². The summed E-state index contributed by atoms with van der Waals surface area (Å²) in [6.45, 7) is -0.0994. The quantitative estimate of drug-likeness (QED) is 0.731. The average molecular weight is 179 g/mol. The van der Waals surface area contributed by atoms with Gasteiger partial charge in [-0.1, -0.05) is 0 Å². The van der Waals surface area contributed by atoms with Crippen molar-refractivity contribution in [2.75, 3.05) is 0 Å². The summed E-state index contributed by atoms with van der Waals surface area (Å²) in [6, 6.07) is 3.47. The molecule has 0 saturated heterocycles. The van der Waals surface area contributed by atoms with E-state index in [9.17, 15) is 0 Å². The smallest absolute Gasteiger partial charge is 0.199 e. The second-order valence-electron chi connectivity index (χ2n) is 2.69. The molecule has 2 aromatic rings. The minimum absolute atomic E-state index is 0.0994. The molecule has 68 valence electrons. The standard InChI is InChI=1S/C8H9N3O2/c1-11-5-9-10-8(11)7-3-2-6(4-12)13-7/h2-3,5,12H,4H2,1H3. The lowest BCUT2D eigenvalue weighted by Crippen LogP contribution is -1.89. The van der Waals surface area contributed by atoms with Gasteiger partial charge in [0.05, 0.1) is 0 Å². The van der Waals surface area contributed by atoms with E-state index in [0.29, 0.717) is 17.3 Å². The Morgan fingerprint density at radius 1 is 1.54 bits per heavy atom. The Morgan fingerprint density at radius 2 is 2.38 bits per heavy atom. The molecule has 5 heteroatoms. The first-order valence-corrected chi connectivity index (χ1v) is 3.85. The van der Waals surface area contributed by atoms with Gasteiger partial charge in [0.15, 0.2) is 11.6 Å². The molecule has 2 rings (SSSR count). The Balaban J connectivity index is 2.41. The van der Waals surface area contributed by atoms with Crippen molar-refractivity contribution in [1.82, 2.24) is 14.8 Å². The van der Waals surface area contributed by atoms with Crippen LogP contribution in [-0.4, -0.2) is 19.9 Å². The molecule has 2 heterocycles. The van der Waals surface area contributed by atoms with Gasteiger partial charge >= 0.3 is 0 Å². The molecule has 2 aromatic heterocycles. The number of aromatic nitrogens is 3. The molecule has 1 N–H and O–H groups in total.